The number of hydrogen-bond donors (Lipinski definition) is 0. The molecule has 0 saturated carbocycles. The fourth-order valence-corrected chi connectivity index (χ4v) is 2.37. The number of halogens is 1. The van der Waals surface area contributed by atoms with Crippen molar-refractivity contribution >= 4 is 22.6 Å². The van der Waals surface area contributed by atoms with Crippen LogP contribution >= 0.6 is 22.6 Å². The van der Waals surface area contributed by atoms with Crippen LogP contribution in [0.3, 0.4) is 0 Å². The molecule has 0 unspecified atom stereocenters. The molecule has 0 aliphatic carbocycles. The first-order valence-corrected chi connectivity index (χ1v) is 6.78. The average molecular weight is 301 g/mol. The monoisotopic (exact) mass is 301 g/mol. The Morgan fingerprint density at radius 2 is 2.00 bits per heavy atom. The Labute approximate surface area is 99.6 Å². The third-order valence-electron chi connectivity index (χ3n) is 2.82. The molecule has 0 saturated heterocycles. The van der Waals surface area contributed by atoms with E-state index in [1.54, 1.807) is 5.56 Å². The van der Waals surface area contributed by atoms with Crippen LogP contribution in [-0.4, -0.2) is 22.4 Å². The molecule has 0 radical (unpaired) electrons. The van der Waals surface area contributed by atoms with Gasteiger partial charge in [-0.05, 0) is 30.5 Å². The summed E-state index contributed by atoms with van der Waals surface area (Å²) in [5, 5.41) is 0. The second-order valence-corrected chi connectivity index (χ2v) is 4.92. The Morgan fingerprint density at radius 3 is 2.79 bits per heavy atom. The topological polar surface area (TPSA) is 3.24 Å². The highest BCUT2D eigenvalue weighted by Crippen LogP contribution is 2.18. The first-order valence-electron chi connectivity index (χ1n) is 5.25. The Hall–Kier alpha value is -0.0900. The van der Waals surface area contributed by atoms with E-state index >= 15 is 0 Å². The highest BCUT2D eigenvalue weighted by atomic mass is 127. The highest BCUT2D eigenvalue weighted by Gasteiger charge is 2.14. The fraction of sp³-hybridized carbons (Fsp3) is 0.500. The SMILES string of the molecule is ICCCN1CCc2ccccc2C1. The molecular formula is C12H16IN. The largest absolute Gasteiger partial charge is 0.299 e. The van der Waals surface area contributed by atoms with Crippen molar-refractivity contribution < 1.29 is 0 Å². The first kappa shape index (κ1) is 10.4. The van der Waals surface area contributed by atoms with Crippen molar-refractivity contribution in [3.8, 4) is 0 Å². The second kappa shape index (κ2) is 5.12. The maximum atomic E-state index is 2.57. The Balaban J connectivity index is 1.99. The molecule has 0 fully saturated rings. The van der Waals surface area contributed by atoms with Gasteiger partial charge in [-0.15, -0.1) is 0 Å². The predicted octanol–water partition coefficient (Wildman–Crippen LogP) is 2.87. The van der Waals surface area contributed by atoms with Gasteiger partial charge in [-0.3, -0.25) is 4.90 Å². The summed E-state index contributed by atoms with van der Waals surface area (Å²) in [5.41, 5.74) is 3.09. The van der Waals surface area contributed by atoms with E-state index in [4.69, 9.17) is 0 Å². The summed E-state index contributed by atoms with van der Waals surface area (Å²) in [6, 6.07) is 8.84. The van der Waals surface area contributed by atoms with Gasteiger partial charge < -0.3 is 0 Å². The minimum atomic E-state index is 1.16. The van der Waals surface area contributed by atoms with Gasteiger partial charge in [0.25, 0.3) is 0 Å². The van der Waals surface area contributed by atoms with Gasteiger partial charge in [0, 0.05) is 17.5 Å². The molecule has 1 aliphatic rings. The molecule has 1 aliphatic heterocycles. The maximum Gasteiger partial charge on any atom is 0.0236 e. The normalized spacial score (nSPS) is 16.6. The number of fused-ring (bicyclic) bond motifs is 1. The summed E-state index contributed by atoms with van der Waals surface area (Å²) in [5.74, 6) is 0. The van der Waals surface area contributed by atoms with E-state index < -0.39 is 0 Å². The first-order chi connectivity index (χ1) is 6.90. The van der Waals surface area contributed by atoms with Crippen molar-refractivity contribution in [1.82, 2.24) is 4.90 Å². The van der Waals surface area contributed by atoms with E-state index in [2.05, 4.69) is 51.8 Å². The van der Waals surface area contributed by atoms with Crippen LogP contribution in [0.2, 0.25) is 0 Å². The molecule has 0 aromatic heterocycles. The molecule has 14 heavy (non-hydrogen) atoms. The van der Waals surface area contributed by atoms with Crippen molar-refractivity contribution in [2.45, 2.75) is 19.4 Å². The molecule has 1 aromatic carbocycles. The van der Waals surface area contributed by atoms with Gasteiger partial charge in [-0.25, -0.2) is 0 Å². The van der Waals surface area contributed by atoms with Crippen molar-refractivity contribution in [2.75, 3.05) is 17.5 Å². The standard InChI is InChI=1S/C12H16IN/c13-7-3-8-14-9-6-11-4-1-2-5-12(11)10-14/h1-2,4-5H,3,6-10H2. The Bertz CT molecular complexity index is 298. The predicted molar refractivity (Wildman–Crippen MR) is 68.9 cm³/mol. The minimum absolute atomic E-state index is 1.16. The van der Waals surface area contributed by atoms with Crippen LogP contribution in [0.5, 0.6) is 0 Å². The molecule has 0 spiro atoms. The van der Waals surface area contributed by atoms with Crippen LogP contribution in [0.15, 0.2) is 24.3 Å². The molecule has 1 aromatic rings. The molecule has 1 nitrogen and oxygen atoms in total. The van der Waals surface area contributed by atoms with Gasteiger partial charge in [0.1, 0.15) is 0 Å². The van der Waals surface area contributed by atoms with Gasteiger partial charge in [0.15, 0.2) is 0 Å². The molecule has 0 bridgehead atoms. The van der Waals surface area contributed by atoms with E-state index in [1.165, 1.54) is 35.9 Å². The molecule has 76 valence electrons. The zero-order valence-corrected chi connectivity index (χ0v) is 10.5. The second-order valence-electron chi connectivity index (χ2n) is 3.84. The number of alkyl halides is 1. The molecule has 0 atom stereocenters. The van der Waals surface area contributed by atoms with Crippen LogP contribution < -0.4 is 0 Å². The van der Waals surface area contributed by atoms with Crippen LogP contribution in [-0.2, 0) is 13.0 Å². The van der Waals surface area contributed by atoms with Gasteiger partial charge in [-0.2, -0.15) is 0 Å². The van der Waals surface area contributed by atoms with Crippen molar-refractivity contribution in [3.05, 3.63) is 35.4 Å². The van der Waals surface area contributed by atoms with Crippen LogP contribution in [0.25, 0.3) is 0 Å². The average Bonchev–Trinajstić information content (AvgIpc) is 2.26. The van der Waals surface area contributed by atoms with Crippen molar-refractivity contribution in [3.63, 3.8) is 0 Å². The molecule has 2 heteroatoms. The summed E-state index contributed by atoms with van der Waals surface area (Å²) in [7, 11) is 0. The lowest BCUT2D eigenvalue weighted by Gasteiger charge is -2.28. The van der Waals surface area contributed by atoms with Gasteiger partial charge >= 0.3 is 0 Å². The van der Waals surface area contributed by atoms with Crippen molar-refractivity contribution in [2.24, 2.45) is 0 Å². The quantitative estimate of drug-likeness (QED) is 0.613. The smallest absolute Gasteiger partial charge is 0.0236 e. The van der Waals surface area contributed by atoms with E-state index in [0.29, 0.717) is 0 Å². The Kier molecular flexibility index (Phi) is 3.81. The minimum Gasteiger partial charge on any atom is -0.299 e. The van der Waals surface area contributed by atoms with Gasteiger partial charge in [0.2, 0.25) is 0 Å². The van der Waals surface area contributed by atoms with Crippen molar-refractivity contribution in [1.29, 1.82) is 0 Å². The van der Waals surface area contributed by atoms with Crippen LogP contribution in [0.1, 0.15) is 17.5 Å². The van der Waals surface area contributed by atoms with Crippen LogP contribution in [0.4, 0.5) is 0 Å². The lowest BCUT2D eigenvalue weighted by molar-refractivity contribution is 0.256. The van der Waals surface area contributed by atoms with Gasteiger partial charge in [-0.1, -0.05) is 46.9 Å². The van der Waals surface area contributed by atoms with Gasteiger partial charge in [0.05, 0.1) is 0 Å². The van der Waals surface area contributed by atoms with E-state index in [1.807, 2.05) is 0 Å². The zero-order valence-electron chi connectivity index (χ0n) is 8.38. The highest BCUT2D eigenvalue weighted by molar-refractivity contribution is 14.1. The third-order valence-corrected chi connectivity index (χ3v) is 3.58. The summed E-state index contributed by atoms with van der Waals surface area (Å²) >= 11 is 2.46. The maximum absolute atomic E-state index is 2.57. The molecule has 1 heterocycles. The van der Waals surface area contributed by atoms with E-state index in [9.17, 15) is 0 Å². The molecule has 2 rings (SSSR count). The molecular weight excluding hydrogens is 285 g/mol. The lowest BCUT2D eigenvalue weighted by atomic mass is 10.00. The van der Waals surface area contributed by atoms with Crippen LogP contribution in [0, 0.1) is 0 Å². The number of rotatable bonds is 3. The Morgan fingerprint density at radius 1 is 1.21 bits per heavy atom. The summed E-state index contributed by atoms with van der Waals surface area (Å²) < 4.78 is 1.27. The number of hydrogen-bond acceptors (Lipinski definition) is 1. The lowest BCUT2D eigenvalue weighted by Crippen LogP contribution is -2.31. The summed E-state index contributed by atoms with van der Waals surface area (Å²) in [6.45, 7) is 3.66. The zero-order chi connectivity index (χ0) is 9.80. The van der Waals surface area contributed by atoms with E-state index in [0.717, 1.165) is 6.54 Å². The van der Waals surface area contributed by atoms with E-state index in [-0.39, 0.29) is 0 Å². The number of benzene rings is 1. The molecule has 0 amide bonds. The summed E-state index contributed by atoms with van der Waals surface area (Å²) in [6.07, 6.45) is 2.56. The fourth-order valence-electron chi connectivity index (χ4n) is 2.03. The summed E-state index contributed by atoms with van der Waals surface area (Å²) in [4.78, 5) is 2.57. The molecule has 0 N–H and O–H groups in total. The third kappa shape index (κ3) is 2.48. The number of nitrogens with zero attached hydrogens (tertiary/aromatic N) is 1.